The summed E-state index contributed by atoms with van der Waals surface area (Å²) < 4.78 is 11.1. The fourth-order valence-corrected chi connectivity index (χ4v) is 2.95. The van der Waals surface area contributed by atoms with Crippen molar-refractivity contribution in [3.8, 4) is 11.5 Å². The number of carboxylic acids is 1. The van der Waals surface area contributed by atoms with Crippen LogP contribution in [-0.4, -0.2) is 30.1 Å². The number of carboxylic acid groups (broad SMARTS) is 1. The number of rotatable bonds is 7. The van der Waals surface area contributed by atoms with Crippen molar-refractivity contribution in [2.45, 2.75) is 33.8 Å². The van der Waals surface area contributed by atoms with E-state index >= 15 is 0 Å². The highest BCUT2D eigenvalue weighted by atomic mass is 16.5. The van der Waals surface area contributed by atoms with E-state index in [1.165, 1.54) is 13.2 Å². The third kappa shape index (κ3) is 4.56. The molecule has 1 N–H and O–H groups in total. The maximum Gasteiger partial charge on any atom is 0.336 e. The second-order valence-corrected chi connectivity index (χ2v) is 6.48. The van der Waals surface area contributed by atoms with Crippen LogP contribution in [0, 0.1) is 13.8 Å². The number of ketones is 1. The van der Waals surface area contributed by atoms with E-state index < -0.39 is 5.97 Å². The standard InChI is InChI=1S/C22H24O5/c1-13(2)27-21-15(4)20(22(24)25)14(3)12-16(21)10-11-18(23)17-8-6-7-9-19(17)26-5/h6-13H,1-5H3,(H,24,25)/b11-10+. The third-order valence-electron chi connectivity index (χ3n) is 4.10. The number of carbonyl (C=O) groups is 2. The van der Waals surface area contributed by atoms with E-state index in [0.717, 1.165) is 0 Å². The van der Waals surface area contributed by atoms with E-state index in [-0.39, 0.29) is 17.5 Å². The number of hydrogen-bond donors (Lipinski definition) is 1. The number of benzene rings is 2. The van der Waals surface area contributed by atoms with Gasteiger partial charge in [0.1, 0.15) is 11.5 Å². The zero-order chi connectivity index (χ0) is 20.1. The largest absolute Gasteiger partial charge is 0.496 e. The van der Waals surface area contributed by atoms with Crippen LogP contribution < -0.4 is 9.47 Å². The second kappa shape index (κ2) is 8.54. The Labute approximate surface area is 159 Å². The molecule has 0 aromatic heterocycles. The lowest BCUT2D eigenvalue weighted by Gasteiger charge is -2.18. The number of aromatic carboxylic acids is 1. The molecule has 0 spiro atoms. The van der Waals surface area contributed by atoms with Gasteiger partial charge in [-0.15, -0.1) is 0 Å². The minimum absolute atomic E-state index is 0.134. The van der Waals surface area contributed by atoms with Crippen molar-refractivity contribution >= 4 is 17.8 Å². The maximum atomic E-state index is 12.6. The molecule has 2 aromatic rings. The molecule has 0 heterocycles. The van der Waals surface area contributed by atoms with E-state index in [0.29, 0.717) is 33.8 Å². The van der Waals surface area contributed by atoms with Crippen LogP contribution in [-0.2, 0) is 0 Å². The van der Waals surface area contributed by atoms with E-state index in [1.54, 1.807) is 50.3 Å². The summed E-state index contributed by atoms with van der Waals surface area (Å²) in [5.74, 6) is -0.240. The second-order valence-electron chi connectivity index (χ2n) is 6.48. The van der Waals surface area contributed by atoms with Gasteiger partial charge in [0, 0.05) is 11.1 Å². The molecule has 142 valence electrons. The minimum atomic E-state index is -1.00. The van der Waals surface area contributed by atoms with Gasteiger partial charge in [0.15, 0.2) is 5.78 Å². The molecular formula is C22H24O5. The van der Waals surface area contributed by atoms with Gasteiger partial charge in [0.2, 0.25) is 0 Å². The van der Waals surface area contributed by atoms with Gasteiger partial charge in [-0.05, 0) is 63.6 Å². The highest BCUT2D eigenvalue weighted by Crippen LogP contribution is 2.32. The molecule has 0 unspecified atom stereocenters. The zero-order valence-corrected chi connectivity index (χ0v) is 16.2. The van der Waals surface area contributed by atoms with Crippen LogP contribution in [0.1, 0.15) is 51.3 Å². The Morgan fingerprint density at radius 1 is 1.15 bits per heavy atom. The average Bonchev–Trinajstić information content (AvgIpc) is 2.61. The topological polar surface area (TPSA) is 72.8 Å². The first-order valence-corrected chi connectivity index (χ1v) is 8.65. The van der Waals surface area contributed by atoms with Gasteiger partial charge >= 0.3 is 5.97 Å². The lowest BCUT2D eigenvalue weighted by atomic mass is 9.97. The van der Waals surface area contributed by atoms with Gasteiger partial charge in [0.05, 0.1) is 24.3 Å². The van der Waals surface area contributed by atoms with Gasteiger partial charge in [-0.1, -0.05) is 12.1 Å². The number of hydrogen-bond acceptors (Lipinski definition) is 4. The molecule has 5 heteroatoms. The maximum absolute atomic E-state index is 12.6. The van der Waals surface area contributed by atoms with E-state index in [4.69, 9.17) is 9.47 Å². The molecule has 0 fully saturated rings. The Kier molecular flexibility index (Phi) is 6.40. The summed E-state index contributed by atoms with van der Waals surface area (Å²) in [6, 6.07) is 8.71. The highest BCUT2D eigenvalue weighted by molar-refractivity contribution is 6.08. The van der Waals surface area contributed by atoms with Gasteiger partial charge in [-0.25, -0.2) is 4.79 Å². The van der Waals surface area contributed by atoms with Gasteiger partial charge in [-0.3, -0.25) is 4.79 Å². The average molecular weight is 368 g/mol. The monoisotopic (exact) mass is 368 g/mol. The molecule has 0 saturated heterocycles. The predicted molar refractivity (Wildman–Crippen MR) is 105 cm³/mol. The first-order valence-electron chi connectivity index (χ1n) is 8.65. The normalized spacial score (nSPS) is 11.0. The Hall–Kier alpha value is -3.08. The molecule has 0 aliphatic heterocycles. The van der Waals surface area contributed by atoms with Crippen LogP contribution >= 0.6 is 0 Å². The minimum Gasteiger partial charge on any atom is -0.496 e. The Morgan fingerprint density at radius 3 is 2.41 bits per heavy atom. The number of ether oxygens (including phenoxy) is 2. The quantitative estimate of drug-likeness (QED) is 0.567. The first kappa shape index (κ1) is 20.2. The predicted octanol–water partition coefficient (Wildman–Crippen LogP) is 4.69. The van der Waals surface area contributed by atoms with Crippen molar-refractivity contribution < 1.29 is 24.2 Å². The van der Waals surface area contributed by atoms with Crippen molar-refractivity contribution in [1.82, 2.24) is 0 Å². The van der Waals surface area contributed by atoms with Crippen LogP contribution in [0.2, 0.25) is 0 Å². The summed E-state index contributed by atoms with van der Waals surface area (Å²) in [4.78, 5) is 24.1. The third-order valence-corrected chi connectivity index (χ3v) is 4.10. The number of methoxy groups -OCH3 is 1. The van der Waals surface area contributed by atoms with Crippen molar-refractivity contribution in [2.24, 2.45) is 0 Å². The summed E-state index contributed by atoms with van der Waals surface area (Å²) in [7, 11) is 1.52. The van der Waals surface area contributed by atoms with E-state index in [2.05, 4.69) is 0 Å². The van der Waals surface area contributed by atoms with Crippen LogP contribution in [0.25, 0.3) is 6.08 Å². The molecule has 2 aromatic carbocycles. The molecular weight excluding hydrogens is 344 g/mol. The molecule has 0 radical (unpaired) electrons. The molecule has 2 rings (SSSR count). The van der Waals surface area contributed by atoms with Gasteiger partial charge < -0.3 is 14.6 Å². The first-order chi connectivity index (χ1) is 12.8. The molecule has 0 bridgehead atoms. The SMILES string of the molecule is COc1ccccc1C(=O)/C=C/c1cc(C)c(C(=O)O)c(C)c1OC(C)C. The number of carbonyl (C=O) groups excluding carboxylic acids is 1. The summed E-state index contributed by atoms with van der Waals surface area (Å²) in [6.45, 7) is 7.18. The Bertz CT molecular complexity index is 894. The van der Waals surface area contributed by atoms with Crippen molar-refractivity contribution in [3.05, 3.63) is 64.2 Å². The fourth-order valence-electron chi connectivity index (χ4n) is 2.95. The molecule has 0 atom stereocenters. The van der Waals surface area contributed by atoms with Crippen molar-refractivity contribution in [1.29, 1.82) is 0 Å². The molecule has 27 heavy (non-hydrogen) atoms. The fraction of sp³-hybridized carbons (Fsp3) is 0.273. The molecule has 0 saturated carbocycles. The highest BCUT2D eigenvalue weighted by Gasteiger charge is 2.19. The lowest BCUT2D eigenvalue weighted by molar-refractivity contribution is 0.0694. The van der Waals surface area contributed by atoms with Gasteiger partial charge in [0.25, 0.3) is 0 Å². The molecule has 5 nitrogen and oxygen atoms in total. The zero-order valence-electron chi connectivity index (χ0n) is 16.2. The smallest absolute Gasteiger partial charge is 0.336 e. The Balaban J connectivity index is 2.49. The number of aryl methyl sites for hydroxylation is 1. The van der Waals surface area contributed by atoms with Gasteiger partial charge in [-0.2, -0.15) is 0 Å². The number of para-hydroxylation sites is 1. The number of allylic oxidation sites excluding steroid dienone is 1. The van der Waals surface area contributed by atoms with Crippen LogP contribution in [0.15, 0.2) is 36.4 Å². The van der Waals surface area contributed by atoms with Crippen LogP contribution in [0.4, 0.5) is 0 Å². The lowest BCUT2D eigenvalue weighted by Crippen LogP contribution is -2.12. The Morgan fingerprint density at radius 2 is 1.81 bits per heavy atom. The molecule has 0 amide bonds. The summed E-state index contributed by atoms with van der Waals surface area (Å²) >= 11 is 0. The summed E-state index contributed by atoms with van der Waals surface area (Å²) in [6.07, 6.45) is 2.96. The van der Waals surface area contributed by atoms with Crippen molar-refractivity contribution in [2.75, 3.05) is 7.11 Å². The molecule has 0 aliphatic rings. The summed E-state index contributed by atoms with van der Waals surface area (Å²) in [5, 5.41) is 9.48. The molecule has 0 aliphatic carbocycles. The summed E-state index contributed by atoms with van der Waals surface area (Å²) in [5.41, 5.74) is 2.49. The van der Waals surface area contributed by atoms with E-state index in [9.17, 15) is 14.7 Å². The van der Waals surface area contributed by atoms with Crippen LogP contribution in [0.3, 0.4) is 0 Å². The van der Waals surface area contributed by atoms with Crippen molar-refractivity contribution in [3.63, 3.8) is 0 Å². The van der Waals surface area contributed by atoms with Crippen LogP contribution in [0.5, 0.6) is 11.5 Å². The van der Waals surface area contributed by atoms with E-state index in [1.807, 2.05) is 13.8 Å².